The molecule has 0 unspecified atom stereocenters. The Balaban J connectivity index is 2.12. The number of nitrogens with zero attached hydrogens (tertiary/aromatic N) is 1. The maximum Gasteiger partial charge on any atom is 0.336 e. The number of rotatable bonds is 8. The Kier molecular flexibility index (Phi) is 7.59. The van der Waals surface area contributed by atoms with E-state index in [4.69, 9.17) is 4.74 Å². The fourth-order valence-electron chi connectivity index (χ4n) is 3.70. The predicted octanol–water partition coefficient (Wildman–Crippen LogP) is 5.18. The van der Waals surface area contributed by atoms with Crippen molar-refractivity contribution < 1.29 is 9.53 Å². The highest BCUT2D eigenvalue weighted by Gasteiger charge is 2.36. The first-order chi connectivity index (χ1) is 14.9. The van der Waals surface area contributed by atoms with E-state index in [-0.39, 0.29) is 12.2 Å². The first-order valence-corrected chi connectivity index (χ1v) is 11.9. The van der Waals surface area contributed by atoms with Crippen molar-refractivity contribution >= 4 is 23.5 Å². The van der Waals surface area contributed by atoms with Crippen molar-refractivity contribution in [1.82, 2.24) is 9.97 Å². The molecule has 0 bridgehead atoms. The molecular weight excluding hydrogens is 410 g/mol. The number of aromatic amines is 1. The number of nitrogens with one attached hydrogen (secondary N) is 2. The van der Waals surface area contributed by atoms with Crippen LogP contribution in [0.1, 0.15) is 76.0 Å². The summed E-state index contributed by atoms with van der Waals surface area (Å²) in [4.78, 5) is 33.6. The van der Waals surface area contributed by atoms with Gasteiger partial charge in [-0.05, 0) is 37.3 Å². The maximum atomic E-state index is 13.2. The molecule has 0 amide bonds. The van der Waals surface area contributed by atoms with Gasteiger partial charge in [0.05, 0.1) is 23.7 Å². The minimum Gasteiger partial charge on any atom is -0.463 e. The van der Waals surface area contributed by atoms with E-state index in [9.17, 15) is 9.59 Å². The highest BCUT2D eigenvalue weighted by atomic mass is 32.2. The first-order valence-electron chi connectivity index (χ1n) is 10.9. The van der Waals surface area contributed by atoms with Crippen molar-refractivity contribution in [2.75, 3.05) is 17.7 Å². The van der Waals surface area contributed by atoms with E-state index in [2.05, 4.69) is 48.2 Å². The highest BCUT2D eigenvalue weighted by molar-refractivity contribution is 7.99. The van der Waals surface area contributed by atoms with Crippen LogP contribution in [0.4, 0.5) is 5.82 Å². The van der Waals surface area contributed by atoms with Crippen LogP contribution in [0.25, 0.3) is 0 Å². The van der Waals surface area contributed by atoms with Crippen LogP contribution in [0.2, 0.25) is 0 Å². The van der Waals surface area contributed by atoms with Crippen LogP contribution in [-0.4, -0.2) is 28.3 Å². The number of H-pyrrole nitrogens is 1. The molecule has 1 aliphatic rings. The summed E-state index contributed by atoms with van der Waals surface area (Å²) in [5, 5.41) is 3.77. The number of fused-ring (bicyclic) bond motifs is 1. The van der Waals surface area contributed by atoms with E-state index in [1.165, 1.54) is 17.3 Å². The van der Waals surface area contributed by atoms with Gasteiger partial charge in [-0.2, -0.15) is 0 Å². The number of ether oxygens (including phenoxy) is 1. The minimum atomic E-state index is -0.539. The zero-order chi connectivity index (χ0) is 22.5. The lowest BCUT2D eigenvalue weighted by atomic mass is 9.81. The van der Waals surface area contributed by atoms with Crippen LogP contribution < -0.4 is 10.9 Å². The topological polar surface area (TPSA) is 84.1 Å². The summed E-state index contributed by atoms with van der Waals surface area (Å²) < 4.78 is 5.34. The molecule has 31 heavy (non-hydrogen) atoms. The maximum absolute atomic E-state index is 13.2. The van der Waals surface area contributed by atoms with E-state index < -0.39 is 11.9 Å². The molecule has 3 rings (SSSR count). The van der Waals surface area contributed by atoms with Gasteiger partial charge in [-0.25, -0.2) is 9.78 Å². The number of hydrogen-bond donors (Lipinski definition) is 2. The Labute approximate surface area is 187 Å². The molecule has 7 heteroatoms. The SMILES string of the molecule is CCCCSc1nc2c(c(=O)[nH]1)[C@@H](c1ccc(C(C)C)cc1)C(C(=O)OCC)=C(C)N2. The molecule has 2 heterocycles. The Morgan fingerprint density at radius 2 is 1.94 bits per heavy atom. The zero-order valence-electron chi connectivity index (χ0n) is 18.9. The number of benzene rings is 1. The molecule has 1 atom stereocenters. The minimum absolute atomic E-state index is 0.233. The quantitative estimate of drug-likeness (QED) is 0.254. The van der Waals surface area contributed by atoms with Gasteiger partial charge < -0.3 is 15.0 Å². The molecule has 2 N–H and O–H groups in total. The lowest BCUT2D eigenvalue weighted by molar-refractivity contribution is -0.138. The van der Waals surface area contributed by atoms with Gasteiger partial charge in [0.1, 0.15) is 5.82 Å². The average molecular weight is 442 g/mol. The van der Waals surface area contributed by atoms with Gasteiger partial charge in [-0.1, -0.05) is 63.2 Å². The summed E-state index contributed by atoms with van der Waals surface area (Å²) in [6.45, 7) is 10.3. The smallest absolute Gasteiger partial charge is 0.336 e. The first kappa shape index (κ1) is 23.1. The standard InChI is InChI=1S/C24H31N3O3S/c1-6-8-13-31-24-26-21-20(22(28)27-24)19(17-11-9-16(10-12-17)14(3)4)18(15(5)25-21)23(29)30-7-2/h9-12,14,19H,6-8,13H2,1-5H3,(H2,25,26,27,28)/t19-/m0/s1. The number of aromatic nitrogens is 2. The highest BCUT2D eigenvalue weighted by Crippen LogP contribution is 2.40. The van der Waals surface area contributed by atoms with Crippen molar-refractivity contribution in [2.24, 2.45) is 0 Å². The molecule has 0 fully saturated rings. The molecule has 6 nitrogen and oxygen atoms in total. The van der Waals surface area contributed by atoms with Crippen LogP contribution >= 0.6 is 11.8 Å². The Morgan fingerprint density at radius 1 is 1.23 bits per heavy atom. The number of carbonyl (C=O) groups excluding carboxylic acids is 1. The third-order valence-corrected chi connectivity index (χ3v) is 6.35. The summed E-state index contributed by atoms with van der Waals surface area (Å²) in [6.07, 6.45) is 2.13. The van der Waals surface area contributed by atoms with Gasteiger partial charge in [-0.3, -0.25) is 4.79 Å². The average Bonchev–Trinajstić information content (AvgIpc) is 2.73. The lowest BCUT2D eigenvalue weighted by Gasteiger charge is -2.29. The molecule has 1 aliphatic heterocycles. The van der Waals surface area contributed by atoms with Crippen LogP contribution in [-0.2, 0) is 9.53 Å². The molecular formula is C24H31N3O3S. The van der Waals surface area contributed by atoms with Crippen molar-refractivity contribution in [3.8, 4) is 0 Å². The molecule has 0 saturated carbocycles. The van der Waals surface area contributed by atoms with Gasteiger partial charge in [0.15, 0.2) is 5.16 Å². The summed E-state index contributed by atoms with van der Waals surface area (Å²) in [5.41, 5.74) is 3.39. The molecule has 0 saturated heterocycles. The Hall–Kier alpha value is -2.54. The molecule has 0 aliphatic carbocycles. The van der Waals surface area contributed by atoms with Crippen molar-refractivity contribution in [3.63, 3.8) is 0 Å². The summed E-state index contributed by atoms with van der Waals surface area (Å²) in [5.74, 6) is 0.829. The molecule has 0 radical (unpaired) electrons. The molecule has 1 aromatic carbocycles. The number of esters is 1. The van der Waals surface area contributed by atoms with E-state index in [1.54, 1.807) is 6.92 Å². The number of hydrogen-bond acceptors (Lipinski definition) is 6. The van der Waals surface area contributed by atoms with Gasteiger partial charge in [0.2, 0.25) is 0 Å². The molecule has 2 aromatic rings. The number of unbranched alkanes of at least 4 members (excludes halogenated alkanes) is 1. The number of anilines is 1. The van der Waals surface area contributed by atoms with Crippen LogP contribution in [0.3, 0.4) is 0 Å². The van der Waals surface area contributed by atoms with E-state index >= 15 is 0 Å². The predicted molar refractivity (Wildman–Crippen MR) is 126 cm³/mol. The van der Waals surface area contributed by atoms with E-state index in [0.717, 1.165) is 24.2 Å². The molecule has 0 spiro atoms. The van der Waals surface area contributed by atoms with Gasteiger partial charge in [0, 0.05) is 11.4 Å². The fraction of sp³-hybridized carbons (Fsp3) is 0.458. The second kappa shape index (κ2) is 10.2. The van der Waals surface area contributed by atoms with Crippen LogP contribution in [0, 0.1) is 0 Å². The van der Waals surface area contributed by atoms with Crippen LogP contribution in [0.5, 0.6) is 0 Å². The lowest BCUT2D eigenvalue weighted by Crippen LogP contribution is -2.31. The third-order valence-electron chi connectivity index (χ3n) is 5.39. The summed E-state index contributed by atoms with van der Waals surface area (Å²) in [7, 11) is 0. The van der Waals surface area contributed by atoms with E-state index in [0.29, 0.717) is 33.7 Å². The summed E-state index contributed by atoms with van der Waals surface area (Å²) in [6, 6.07) is 8.09. The van der Waals surface area contributed by atoms with Gasteiger partial charge >= 0.3 is 5.97 Å². The van der Waals surface area contributed by atoms with Crippen molar-refractivity contribution in [2.45, 2.75) is 64.5 Å². The normalized spacial score (nSPS) is 15.6. The Morgan fingerprint density at radius 3 is 2.55 bits per heavy atom. The van der Waals surface area contributed by atoms with E-state index in [1.807, 2.05) is 19.1 Å². The van der Waals surface area contributed by atoms with Crippen molar-refractivity contribution in [1.29, 1.82) is 0 Å². The largest absolute Gasteiger partial charge is 0.463 e. The molecule has 1 aromatic heterocycles. The number of thioether (sulfide) groups is 1. The monoisotopic (exact) mass is 441 g/mol. The molecule has 166 valence electrons. The second-order valence-corrected chi connectivity index (χ2v) is 9.06. The zero-order valence-corrected chi connectivity index (χ0v) is 19.7. The van der Waals surface area contributed by atoms with Crippen molar-refractivity contribution in [3.05, 3.63) is 62.6 Å². The van der Waals surface area contributed by atoms with Gasteiger partial charge in [-0.15, -0.1) is 0 Å². The number of allylic oxidation sites excluding steroid dienone is 1. The third kappa shape index (κ3) is 5.03. The summed E-state index contributed by atoms with van der Waals surface area (Å²) >= 11 is 1.54. The van der Waals surface area contributed by atoms with Crippen LogP contribution in [0.15, 0.2) is 45.5 Å². The van der Waals surface area contributed by atoms with Gasteiger partial charge in [0.25, 0.3) is 5.56 Å². The number of carbonyl (C=O) groups is 1. The second-order valence-electron chi connectivity index (χ2n) is 7.97. The Bertz CT molecular complexity index is 1030. The fourth-order valence-corrected chi connectivity index (χ4v) is 4.65.